The molecule has 1 aliphatic carbocycles. The van der Waals surface area contributed by atoms with Crippen LogP contribution >= 0.6 is 0 Å². The molecule has 274 valence electrons. The van der Waals surface area contributed by atoms with Gasteiger partial charge < -0.3 is 4.57 Å². The number of aromatic nitrogens is 4. The molecule has 0 saturated carbocycles. The van der Waals surface area contributed by atoms with Crippen LogP contribution in [0.15, 0.2) is 158 Å². The summed E-state index contributed by atoms with van der Waals surface area (Å²) in [4.78, 5) is 15.5. The number of hydrogen-bond donors (Lipinski definition) is 0. The SMILES string of the molecule is CC1(C)CCC(C)(C)c2cc3c(cc21)c1c2ccccc2ccc1n3-c1cccc(-c2nc(-c3ccccc3)nc(-c3ccc4ccc5ccccc5c4c3)n2)c1. The van der Waals surface area contributed by atoms with Gasteiger partial charge in [-0.25, -0.2) is 15.0 Å². The Labute approximate surface area is 332 Å². The first-order chi connectivity index (χ1) is 27.7. The predicted molar refractivity (Wildman–Crippen MR) is 238 cm³/mol. The number of benzene rings is 8. The van der Waals surface area contributed by atoms with E-state index in [1.165, 1.54) is 71.7 Å². The Morgan fingerprint density at radius 1 is 0.404 bits per heavy atom. The summed E-state index contributed by atoms with van der Waals surface area (Å²) in [5.41, 5.74) is 9.46. The van der Waals surface area contributed by atoms with Crippen molar-refractivity contribution in [1.29, 1.82) is 0 Å². The highest BCUT2D eigenvalue weighted by Crippen LogP contribution is 2.49. The molecule has 0 saturated heterocycles. The largest absolute Gasteiger partial charge is 0.309 e. The first-order valence-electron chi connectivity index (χ1n) is 20.1. The van der Waals surface area contributed by atoms with Crippen LogP contribution in [0, 0.1) is 0 Å². The van der Waals surface area contributed by atoms with Crippen LogP contribution < -0.4 is 0 Å². The number of nitrogens with zero attached hydrogens (tertiary/aromatic N) is 4. The van der Waals surface area contributed by atoms with Gasteiger partial charge in [-0.1, -0.05) is 149 Å². The summed E-state index contributed by atoms with van der Waals surface area (Å²) in [5.74, 6) is 1.95. The Morgan fingerprint density at radius 2 is 0.947 bits per heavy atom. The van der Waals surface area contributed by atoms with Gasteiger partial charge in [0.2, 0.25) is 0 Å². The summed E-state index contributed by atoms with van der Waals surface area (Å²) in [6.45, 7) is 9.66. The van der Waals surface area contributed by atoms with Gasteiger partial charge in [0.05, 0.1) is 11.0 Å². The lowest BCUT2D eigenvalue weighted by molar-refractivity contribution is 0.332. The lowest BCUT2D eigenvalue weighted by Gasteiger charge is -2.42. The minimum Gasteiger partial charge on any atom is -0.309 e. The second kappa shape index (κ2) is 12.4. The molecule has 8 aromatic carbocycles. The summed E-state index contributed by atoms with van der Waals surface area (Å²) >= 11 is 0. The van der Waals surface area contributed by atoms with Crippen molar-refractivity contribution in [2.75, 3.05) is 0 Å². The fourth-order valence-electron chi connectivity index (χ4n) is 9.40. The van der Waals surface area contributed by atoms with E-state index in [1.54, 1.807) is 0 Å². The van der Waals surface area contributed by atoms with Gasteiger partial charge in [-0.15, -0.1) is 0 Å². The molecule has 0 spiro atoms. The minimum atomic E-state index is 0.0778. The molecule has 0 N–H and O–H groups in total. The molecular weight excluding hydrogens is 693 g/mol. The van der Waals surface area contributed by atoms with E-state index in [2.05, 4.69) is 172 Å². The Kier molecular flexibility index (Phi) is 7.34. The van der Waals surface area contributed by atoms with Crippen LogP contribution in [0.2, 0.25) is 0 Å². The van der Waals surface area contributed by atoms with Gasteiger partial charge >= 0.3 is 0 Å². The standard InChI is InChI=1S/C53H42N4/c1-52(2)27-28-53(3,4)45-32-47-43(31-44(45)52)48-41-20-11-9-14-34(41)25-26-46(48)57(47)39-18-12-17-37(29-39)50-54-49(36-15-6-5-7-16-36)55-51(56-50)38-24-23-35-22-21-33-13-8-10-19-40(33)42(35)30-38/h5-26,29-32H,27-28H2,1-4H3. The molecule has 2 heterocycles. The third-order valence-corrected chi connectivity index (χ3v) is 12.7. The molecule has 0 radical (unpaired) electrons. The molecule has 11 rings (SSSR count). The van der Waals surface area contributed by atoms with Gasteiger partial charge in [0.1, 0.15) is 0 Å². The van der Waals surface area contributed by atoms with Crippen molar-refractivity contribution in [3.63, 3.8) is 0 Å². The highest BCUT2D eigenvalue weighted by Gasteiger charge is 2.38. The third kappa shape index (κ3) is 5.38. The van der Waals surface area contributed by atoms with Crippen LogP contribution in [0.4, 0.5) is 0 Å². The highest BCUT2D eigenvalue weighted by atomic mass is 15.0. The Hall–Kier alpha value is -6.65. The van der Waals surface area contributed by atoms with Gasteiger partial charge in [0.15, 0.2) is 17.5 Å². The minimum absolute atomic E-state index is 0.0778. The fourth-order valence-corrected chi connectivity index (χ4v) is 9.40. The van der Waals surface area contributed by atoms with E-state index >= 15 is 0 Å². The molecule has 1 aliphatic rings. The van der Waals surface area contributed by atoms with Crippen LogP contribution in [0.1, 0.15) is 51.7 Å². The van der Waals surface area contributed by atoms with Crippen LogP contribution in [-0.2, 0) is 10.8 Å². The van der Waals surface area contributed by atoms with Crippen molar-refractivity contribution in [2.24, 2.45) is 0 Å². The van der Waals surface area contributed by atoms with Crippen LogP contribution in [0.25, 0.3) is 94.0 Å². The van der Waals surface area contributed by atoms with Crippen molar-refractivity contribution in [1.82, 2.24) is 19.5 Å². The molecule has 4 heteroatoms. The number of fused-ring (bicyclic) bond motifs is 9. The molecule has 0 amide bonds. The molecule has 0 aliphatic heterocycles. The molecule has 2 aromatic heterocycles. The van der Waals surface area contributed by atoms with E-state index in [-0.39, 0.29) is 10.8 Å². The highest BCUT2D eigenvalue weighted by molar-refractivity contribution is 6.21. The van der Waals surface area contributed by atoms with Gasteiger partial charge in [-0.3, -0.25) is 0 Å². The average Bonchev–Trinajstić information content (AvgIpc) is 3.59. The van der Waals surface area contributed by atoms with Gasteiger partial charge in [0.25, 0.3) is 0 Å². The monoisotopic (exact) mass is 734 g/mol. The second-order valence-electron chi connectivity index (χ2n) is 17.1. The van der Waals surface area contributed by atoms with E-state index in [0.29, 0.717) is 17.5 Å². The maximum Gasteiger partial charge on any atom is 0.164 e. The predicted octanol–water partition coefficient (Wildman–Crippen LogP) is 13.8. The van der Waals surface area contributed by atoms with Crippen molar-refractivity contribution in [2.45, 2.75) is 51.4 Å². The van der Waals surface area contributed by atoms with Gasteiger partial charge in [0, 0.05) is 33.2 Å². The van der Waals surface area contributed by atoms with Gasteiger partial charge in [-0.05, 0) is 104 Å². The Morgan fingerprint density at radius 3 is 1.68 bits per heavy atom. The number of rotatable bonds is 4. The summed E-state index contributed by atoms with van der Waals surface area (Å²) in [7, 11) is 0. The summed E-state index contributed by atoms with van der Waals surface area (Å²) in [5, 5.41) is 9.93. The lowest BCUT2D eigenvalue weighted by Crippen LogP contribution is -2.33. The summed E-state index contributed by atoms with van der Waals surface area (Å²) in [6.07, 6.45) is 2.34. The van der Waals surface area contributed by atoms with Crippen LogP contribution in [0.3, 0.4) is 0 Å². The Balaban J connectivity index is 1.14. The van der Waals surface area contributed by atoms with E-state index < -0.39 is 0 Å². The maximum atomic E-state index is 5.24. The maximum absolute atomic E-state index is 5.24. The van der Waals surface area contributed by atoms with Crippen molar-refractivity contribution in [3.8, 4) is 39.9 Å². The average molecular weight is 735 g/mol. The quantitative estimate of drug-likeness (QED) is 0.169. The van der Waals surface area contributed by atoms with E-state index in [9.17, 15) is 0 Å². The van der Waals surface area contributed by atoms with E-state index in [4.69, 9.17) is 15.0 Å². The molecule has 0 atom stereocenters. The zero-order chi connectivity index (χ0) is 38.5. The second-order valence-corrected chi connectivity index (χ2v) is 17.1. The molecule has 10 aromatic rings. The van der Waals surface area contributed by atoms with Crippen LogP contribution in [0.5, 0.6) is 0 Å². The first-order valence-corrected chi connectivity index (χ1v) is 20.1. The lowest BCUT2D eigenvalue weighted by atomic mass is 9.63. The van der Waals surface area contributed by atoms with Crippen molar-refractivity contribution < 1.29 is 0 Å². The normalized spacial score (nSPS) is 14.8. The molecule has 57 heavy (non-hydrogen) atoms. The molecule has 4 nitrogen and oxygen atoms in total. The van der Waals surface area contributed by atoms with Gasteiger partial charge in [-0.2, -0.15) is 0 Å². The third-order valence-electron chi connectivity index (χ3n) is 12.7. The zero-order valence-corrected chi connectivity index (χ0v) is 32.7. The van der Waals surface area contributed by atoms with Crippen molar-refractivity contribution >= 4 is 54.1 Å². The summed E-state index contributed by atoms with van der Waals surface area (Å²) in [6, 6.07) is 56.9. The molecular formula is C53H42N4. The Bertz CT molecular complexity index is 3240. The molecule has 0 fully saturated rings. The zero-order valence-electron chi connectivity index (χ0n) is 32.7. The first kappa shape index (κ1) is 33.7. The number of hydrogen-bond acceptors (Lipinski definition) is 3. The smallest absolute Gasteiger partial charge is 0.164 e. The van der Waals surface area contributed by atoms with E-state index in [1.807, 2.05) is 18.2 Å². The topological polar surface area (TPSA) is 43.6 Å². The fraction of sp³-hybridized carbons (Fsp3) is 0.151. The van der Waals surface area contributed by atoms with Crippen LogP contribution in [-0.4, -0.2) is 19.5 Å². The molecule has 0 unspecified atom stereocenters. The summed E-state index contributed by atoms with van der Waals surface area (Å²) < 4.78 is 2.47. The van der Waals surface area contributed by atoms with E-state index in [0.717, 1.165) is 28.8 Å². The molecule has 0 bridgehead atoms. The van der Waals surface area contributed by atoms with Crippen molar-refractivity contribution in [3.05, 3.63) is 169 Å².